The molecule has 8 heteroatoms. The first kappa shape index (κ1) is 17.3. The predicted octanol–water partition coefficient (Wildman–Crippen LogP) is -0.0682. The van der Waals surface area contributed by atoms with Crippen LogP contribution in [0.1, 0.15) is 23.2 Å². The van der Waals surface area contributed by atoms with E-state index in [4.69, 9.17) is 16.2 Å². The van der Waals surface area contributed by atoms with Crippen molar-refractivity contribution in [3.05, 3.63) is 29.8 Å². The first-order valence-electron chi connectivity index (χ1n) is 6.67. The molecule has 0 saturated carbocycles. The molecule has 0 saturated heterocycles. The van der Waals surface area contributed by atoms with Crippen LogP contribution in [0.2, 0.25) is 0 Å². The van der Waals surface area contributed by atoms with Crippen LogP contribution in [-0.4, -0.2) is 42.6 Å². The molecule has 1 amide bonds. The summed E-state index contributed by atoms with van der Waals surface area (Å²) in [6.07, 6.45) is 0.647. The Morgan fingerprint density at radius 3 is 2.64 bits per heavy atom. The van der Waals surface area contributed by atoms with E-state index in [2.05, 4.69) is 10.3 Å². The van der Waals surface area contributed by atoms with Gasteiger partial charge in [0, 0.05) is 6.54 Å². The fraction of sp³-hybridized carbons (Fsp3) is 0.357. The number of carbonyl (C=O) groups is 2. The molecule has 0 bridgehead atoms. The van der Waals surface area contributed by atoms with Gasteiger partial charge in [-0.05, 0) is 25.0 Å². The van der Waals surface area contributed by atoms with Gasteiger partial charge in [0.15, 0.2) is 5.96 Å². The highest BCUT2D eigenvalue weighted by Crippen LogP contribution is 2.17. The van der Waals surface area contributed by atoms with Crippen LogP contribution in [0.5, 0.6) is 5.75 Å². The molecule has 8 nitrogen and oxygen atoms in total. The SMILES string of the molecule is COc1ccccc1C(=O)N[C@@H](CCCN=C(N)N)C(=O)O. The number of guanidine groups is 1. The molecule has 0 fully saturated rings. The number of hydrogen-bond acceptors (Lipinski definition) is 4. The van der Waals surface area contributed by atoms with Crippen LogP contribution in [-0.2, 0) is 4.79 Å². The van der Waals surface area contributed by atoms with Crippen LogP contribution in [0, 0.1) is 0 Å². The lowest BCUT2D eigenvalue weighted by atomic mass is 10.1. The van der Waals surface area contributed by atoms with Crippen molar-refractivity contribution in [2.45, 2.75) is 18.9 Å². The number of nitrogens with two attached hydrogens (primary N) is 2. The minimum atomic E-state index is -1.12. The van der Waals surface area contributed by atoms with Crippen molar-refractivity contribution in [2.24, 2.45) is 16.5 Å². The van der Waals surface area contributed by atoms with Gasteiger partial charge >= 0.3 is 5.97 Å². The monoisotopic (exact) mass is 308 g/mol. The standard InChI is InChI=1S/C14H20N4O4/c1-22-11-7-3-2-5-9(11)12(19)18-10(13(20)21)6-4-8-17-14(15)16/h2-3,5,7,10H,4,6,8H2,1H3,(H,18,19)(H,20,21)(H4,15,16,17)/t10-/m0/s1. The second kappa shape index (κ2) is 8.50. The molecule has 6 N–H and O–H groups in total. The van der Waals surface area contributed by atoms with Crippen molar-refractivity contribution in [1.29, 1.82) is 0 Å². The molecular weight excluding hydrogens is 288 g/mol. The van der Waals surface area contributed by atoms with E-state index >= 15 is 0 Å². The van der Waals surface area contributed by atoms with Crippen LogP contribution >= 0.6 is 0 Å². The molecule has 0 heterocycles. The number of benzene rings is 1. The van der Waals surface area contributed by atoms with Gasteiger partial charge in [0.05, 0.1) is 12.7 Å². The quantitative estimate of drug-likeness (QED) is 0.301. The maximum absolute atomic E-state index is 12.2. The minimum Gasteiger partial charge on any atom is -0.496 e. The van der Waals surface area contributed by atoms with Gasteiger partial charge in [-0.1, -0.05) is 12.1 Å². The van der Waals surface area contributed by atoms with Gasteiger partial charge in [-0.3, -0.25) is 9.79 Å². The highest BCUT2D eigenvalue weighted by Gasteiger charge is 2.21. The molecule has 1 aromatic carbocycles. The Morgan fingerprint density at radius 2 is 2.05 bits per heavy atom. The summed E-state index contributed by atoms with van der Waals surface area (Å²) in [4.78, 5) is 27.1. The number of rotatable bonds is 8. The van der Waals surface area contributed by atoms with Gasteiger partial charge in [-0.15, -0.1) is 0 Å². The Bertz CT molecular complexity index is 556. The van der Waals surface area contributed by atoms with Crippen LogP contribution in [0.15, 0.2) is 29.3 Å². The van der Waals surface area contributed by atoms with Crippen LogP contribution < -0.4 is 21.5 Å². The van der Waals surface area contributed by atoms with Crippen molar-refractivity contribution in [1.82, 2.24) is 5.32 Å². The van der Waals surface area contributed by atoms with E-state index < -0.39 is 17.9 Å². The molecule has 0 aliphatic carbocycles. The van der Waals surface area contributed by atoms with Crippen molar-refractivity contribution >= 4 is 17.8 Å². The molecule has 0 radical (unpaired) electrons. The zero-order chi connectivity index (χ0) is 16.5. The van der Waals surface area contributed by atoms with Gasteiger partial charge in [-0.25, -0.2) is 4.79 Å². The molecular formula is C14H20N4O4. The van der Waals surface area contributed by atoms with Gasteiger partial charge in [0.25, 0.3) is 5.91 Å². The molecule has 0 aliphatic heterocycles. The van der Waals surface area contributed by atoms with Gasteiger partial charge < -0.3 is 26.6 Å². The Kier molecular flexibility index (Phi) is 6.68. The number of carboxylic acid groups (broad SMARTS) is 1. The Labute approximate surface area is 128 Å². The fourth-order valence-electron chi connectivity index (χ4n) is 1.83. The third-order valence-electron chi connectivity index (χ3n) is 2.90. The summed E-state index contributed by atoms with van der Waals surface area (Å²) in [7, 11) is 1.44. The molecule has 120 valence electrons. The predicted molar refractivity (Wildman–Crippen MR) is 81.8 cm³/mol. The summed E-state index contributed by atoms with van der Waals surface area (Å²) >= 11 is 0. The first-order chi connectivity index (χ1) is 10.5. The van der Waals surface area contributed by atoms with E-state index in [1.807, 2.05) is 0 Å². The smallest absolute Gasteiger partial charge is 0.326 e. The normalized spacial score (nSPS) is 11.3. The average molecular weight is 308 g/mol. The average Bonchev–Trinajstić information content (AvgIpc) is 2.49. The van der Waals surface area contributed by atoms with Crippen molar-refractivity contribution in [2.75, 3.05) is 13.7 Å². The summed E-state index contributed by atoms with van der Waals surface area (Å²) in [5, 5.41) is 11.6. The number of nitrogens with zero attached hydrogens (tertiary/aromatic N) is 1. The lowest BCUT2D eigenvalue weighted by Gasteiger charge is -2.15. The molecule has 1 rings (SSSR count). The number of para-hydroxylation sites is 1. The number of ether oxygens (including phenoxy) is 1. The number of aliphatic imine (C=N–C) groups is 1. The Hall–Kier alpha value is -2.77. The number of carboxylic acids is 1. The highest BCUT2D eigenvalue weighted by molar-refractivity contribution is 5.98. The minimum absolute atomic E-state index is 0.0510. The summed E-state index contributed by atoms with van der Waals surface area (Å²) in [5.41, 5.74) is 10.6. The number of nitrogens with one attached hydrogen (secondary N) is 1. The third-order valence-corrected chi connectivity index (χ3v) is 2.90. The maximum atomic E-state index is 12.2. The van der Waals surface area contributed by atoms with Crippen LogP contribution in [0.25, 0.3) is 0 Å². The van der Waals surface area contributed by atoms with Crippen LogP contribution in [0.4, 0.5) is 0 Å². The fourth-order valence-corrected chi connectivity index (χ4v) is 1.83. The number of methoxy groups -OCH3 is 1. The first-order valence-corrected chi connectivity index (χ1v) is 6.67. The topological polar surface area (TPSA) is 140 Å². The van der Waals surface area contributed by atoms with E-state index in [1.54, 1.807) is 24.3 Å². The van der Waals surface area contributed by atoms with Crippen LogP contribution in [0.3, 0.4) is 0 Å². The largest absolute Gasteiger partial charge is 0.496 e. The summed E-state index contributed by atoms with van der Waals surface area (Å²) in [6.45, 7) is 0.302. The number of carbonyl (C=O) groups excluding carboxylic acids is 1. The van der Waals surface area contributed by atoms with Gasteiger partial charge in [0.2, 0.25) is 0 Å². The molecule has 0 aromatic heterocycles. The zero-order valence-corrected chi connectivity index (χ0v) is 12.3. The molecule has 0 unspecified atom stereocenters. The Balaban J connectivity index is 2.68. The summed E-state index contributed by atoms with van der Waals surface area (Å²) < 4.78 is 5.08. The number of hydrogen-bond donors (Lipinski definition) is 4. The third kappa shape index (κ3) is 5.31. The second-order valence-corrected chi connectivity index (χ2v) is 4.51. The van der Waals surface area contributed by atoms with E-state index in [1.165, 1.54) is 7.11 Å². The van der Waals surface area contributed by atoms with E-state index in [0.717, 1.165) is 0 Å². The molecule has 1 aromatic rings. The molecule has 0 spiro atoms. The zero-order valence-electron chi connectivity index (χ0n) is 12.3. The van der Waals surface area contributed by atoms with Crippen molar-refractivity contribution in [3.63, 3.8) is 0 Å². The second-order valence-electron chi connectivity index (χ2n) is 4.51. The maximum Gasteiger partial charge on any atom is 0.326 e. The highest BCUT2D eigenvalue weighted by atomic mass is 16.5. The number of aliphatic carboxylic acids is 1. The Morgan fingerprint density at radius 1 is 1.36 bits per heavy atom. The van der Waals surface area contributed by atoms with Crippen molar-refractivity contribution < 1.29 is 19.4 Å². The lowest BCUT2D eigenvalue weighted by Crippen LogP contribution is -2.41. The van der Waals surface area contributed by atoms with Gasteiger partial charge in [-0.2, -0.15) is 0 Å². The molecule has 0 aliphatic rings. The summed E-state index contributed by atoms with van der Waals surface area (Å²) in [5.74, 6) is -1.30. The van der Waals surface area contributed by atoms with Crippen molar-refractivity contribution in [3.8, 4) is 5.75 Å². The number of amides is 1. The van der Waals surface area contributed by atoms with E-state index in [-0.39, 0.29) is 17.9 Å². The molecule has 22 heavy (non-hydrogen) atoms. The van der Waals surface area contributed by atoms with E-state index in [9.17, 15) is 14.7 Å². The summed E-state index contributed by atoms with van der Waals surface area (Å²) in [6, 6.07) is 5.56. The lowest BCUT2D eigenvalue weighted by molar-refractivity contribution is -0.139. The van der Waals surface area contributed by atoms with E-state index in [0.29, 0.717) is 18.7 Å². The van der Waals surface area contributed by atoms with Gasteiger partial charge in [0.1, 0.15) is 11.8 Å². The molecule has 1 atom stereocenters.